The van der Waals surface area contributed by atoms with Crippen molar-refractivity contribution in [1.82, 2.24) is 4.90 Å². The molecular weight excluding hydrogens is 136 g/mol. The van der Waals surface area contributed by atoms with Crippen LogP contribution in [-0.2, 0) is 0 Å². The predicted molar refractivity (Wildman–Crippen MR) is 37.9 cm³/mol. The molecule has 0 fully saturated rings. The number of primary amides is 1. The van der Waals surface area contributed by atoms with Gasteiger partial charge in [-0.1, -0.05) is 0 Å². The van der Waals surface area contributed by atoms with Crippen molar-refractivity contribution < 1.29 is 15.0 Å². The quantitative estimate of drug-likeness (QED) is 0.479. The van der Waals surface area contributed by atoms with E-state index in [1.54, 1.807) is 0 Å². The Balaban J connectivity index is 0. The Labute approximate surface area is 60.1 Å². The lowest BCUT2D eigenvalue weighted by Crippen LogP contribution is -2.15. The van der Waals surface area contributed by atoms with E-state index in [0.717, 1.165) is 6.54 Å². The Kier molecular flexibility index (Phi) is 9.77. The molecule has 1 amide bonds. The van der Waals surface area contributed by atoms with Crippen molar-refractivity contribution in [1.29, 1.82) is 0 Å². The van der Waals surface area contributed by atoms with Crippen LogP contribution in [0.4, 0.5) is 4.79 Å². The van der Waals surface area contributed by atoms with Crippen molar-refractivity contribution in [2.75, 3.05) is 27.2 Å². The summed E-state index contributed by atoms with van der Waals surface area (Å²) in [5.74, 6) is 0. The van der Waals surface area contributed by atoms with Gasteiger partial charge in [-0.25, -0.2) is 4.79 Å². The van der Waals surface area contributed by atoms with Gasteiger partial charge in [0.15, 0.2) is 0 Å². The van der Waals surface area contributed by atoms with Crippen LogP contribution in [0.25, 0.3) is 0 Å². The fourth-order valence-corrected chi connectivity index (χ4v) is 0.200. The number of aliphatic hydroxyl groups excluding tert-OH is 1. The summed E-state index contributed by atoms with van der Waals surface area (Å²) in [7, 11) is 3.85. The molecule has 0 saturated carbocycles. The van der Waals surface area contributed by atoms with Crippen LogP contribution in [0, 0.1) is 0 Å². The number of aliphatic hydroxyl groups is 1. The fraction of sp³-hybridized carbons (Fsp3) is 0.800. The van der Waals surface area contributed by atoms with Crippen LogP contribution < -0.4 is 5.73 Å². The number of amides is 1. The van der Waals surface area contributed by atoms with Gasteiger partial charge in [-0.05, 0) is 14.1 Å². The second kappa shape index (κ2) is 8.19. The van der Waals surface area contributed by atoms with Gasteiger partial charge in [0.2, 0.25) is 0 Å². The smallest absolute Gasteiger partial charge is 0.402 e. The summed E-state index contributed by atoms with van der Waals surface area (Å²) in [5.41, 5.74) is 4.03. The van der Waals surface area contributed by atoms with Crippen LogP contribution in [0.15, 0.2) is 0 Å². The molecule has 5 nitrogen and oxygen atoms in total. The van der Waals surface area contributed by atoms with Crippen LogP contribution in [0.1, 0.15) is 0 Å². The summed E-state index contributed by atoms with van der Waals surface area (Å²) in [5, 5.41) is 15.4. The topological polar surface area (TPSA) is 86.8 Å². The molecule has 10 heavy (non-hydrogen) atoms. The van der Waals surface area contributed by atoms with Gasteiger partial charge in [0.1, 0.15) is 0 Å². The summed E-state index contributed by atoms with van der Waals surface area (Å²) < 4.78 is 0. The zero-order valence-corrected chi connectivity index (χ0v) is 6.24. The van der Waals surface area contributed by atoms with Gasteiger partial charge in [0.05, 0.1) is 6.61 Å². The minimum Gasteiger partial charge on any atom is -0.465 e. The molecule has 0 aromatic heterocycles. The van der Waals surface area contributed by atoms with Gasteiger partial charge < -0.3 is 20.8 Å². The molecule has 0 bridgehead atoms. The number of nitrogens with two attached hydrogens (primary N) is 1. The molecular formula is C5H14N2O3. The lowest BCUT2D eigenvalue weighted by Gasteiger charge is -2.03. The SMILES string of the molecule is CN(C)CCO.NC(=O)O. The van der Waals surface area contributed by atoms with Gasteiger partial charge in [-0.15, -0.1) is 0 Å². The average molecular weight is 150 g/mol. The Hall–Kier alpha value is -0.810. The van der Waals surface area contributed by atoms with Crippen LogP contribution in [0.5, 0.6) is 0 Å². The monoisotopic (exact) mass is 150 g/mol. The van der Waals surface area contributed by atoms with Gasteiger partial charge in [0, 0.05) is 6.54 Å². The largest absolute Gasteiger partial charge is 0.465 e. The minimum absolute atomic E-state index is 0.257. The maximum Gasteiger partial charge on any atom is 0.402 e. The summed E-state index contributed by atoms with van der Waals surface area (Å²) in [6, 6.07) is 0. The second-order valence-corrected chi connectivity index (χ2v) is 1.87. The number of hydrogen-bond acceptors (Lipinski definition) is 3. The molecule has 0 aliphatic heterocycles. The van der Waals surface area contributed by atoms with Crippen LogP contribution in [0.2, 0.25) is 0 Å². The molecule has 5 heteroatoms. The summed E-state index contributed by atoms with van der Waals surface area (Å²) in [6.45, 7) is 1.02. The zero-order valence-electron chi connectivity index (χ0n) is 6.24. The van der Waals surface area contributed by atoms with Crippen molar-refractivity contribution in [2.45, 2.75) is 0 Å². The first-order valence-electron chi connectivity index (χ1n) is 2.74. The van der Waals surface area contributed by atoms with Gasteiger partial charge in [0.25, 0.3) is 0 Å². The molecule has 4 N–H and O–H groups in total. The van der Waals surface area contributed by atoms with E-state index >= 15 is 0 Å². The number of likely N-dealkylation sites (N-methyl/N-ethyl adjacent to an activating group) is 1. The van der Waals surface area contributed by atoms with E-state index in [9.17, 15) is 0 Å². The third kappa shape index (κ3) is 57.4. The minimum atomic E-state index is -1.33. The zero-order chi connectivity index (χ0) is 8.57. The first-order chi connectivity index (χ1) is 4.50. The van der Waals surface area contributed by atoms with Crippen molar-refractivity contribution in [3.05, 3.63) is 0 Å². The molecule has 0 heterocycles. The van der Waals surface area contributed by atoms with Crippen molar-refractivity contribution in [2.24, 2.45) is 5.73 Å². The summed E-state index contributed by atoms with van der Waals surface area (Å²) >= 11 is 0. The molecule has 0 radical (unpaired) electrons. The highest BCUT2D eigenvalue weighted by atomic mass is 16.4. The van der Waals surface area contributed by atoms with Gasteiger partial charge in [-0.2, -0.15) is 0 Å². The van der Waals surface area contributed by atoms with Gasteiger partial charge >= 0.3 is 6.09 Å². The number of hydrogen-bond donors (Lipinski definition) is 3. The van der Waals surface area contributed by atoms with Crippen molar-refractivity contribution in [3.8, 4) is 0 Å². The lowest BCUT2D eigenvalue weighted by atomic mass is 10.6. The van der Waals surface area contributed by atoms with E-state index < -0.39 is 6.09 Å². The molecule has 0 aliphatic rings. The number of nitrogens with zero attached hydrogens (tertiary/aromatic N) is 1. The number of rotatable bonds is 2. The Morgan fingerprint density at radius 1 is 1.60 bits per heavy atom. The maximum absolute atomic E-state index is 8.78. The van der Waals surface area contributed by atoms with E-state index in [1.807, 2.05) is 19.0 Å². The molecule has 0 spiro atoms. The molecule has 62 valence electrons. The first kappa shape index (κ1) is 11.9. The maximum atomic E-state index is 8.78. The van der Waals surface area contributed by atoms with Crippen LogP contribution in [0.3, 0.4) is 0 Å². The van der Waals surface area contributed by atoms with Crippen LogP contribution >= 0.6 is 0 Å². The predicted octanol–water partition coefficient (Wildman–Crippen LogP) is -0.837. The molecule has 0 unspecified atom stereocenters. The van der Waals surface area contributed by atoms with Crippen LogP contribution in [-0.4, -0.2) is 48.5 Å². The molecule has 0 aromatic carbocycles. The molecule has 0 rings (SSSR count). The first-order valence-corrected chi connectivity index (χ1v) is 2.74. The number of carboxylic acid groups (broad SMARTS) is 1. The highest BCUT2D eigenvalue weighted by Crippen LogP contribution is 1.66. The van der Waals surface area contributed by atoms with E-state index in [2.05, 4.69) is 5.73 Å². The molecule has 0 saturated heterocycles. The third-order valence-corrected chi connectivity index (χ3v) is 0.547. The summed E-state index contributed by atoms with van der Waals surface area (Å²) in [6.07, 6.45) is -1.33. The molecule has 0 aromatic rings. The van der Waals surface area contributed by atoms with Crippen molar-refractivity contribution in [3.63, 3.8) is 0 Å². The highest BCUT2D eigenvalue weighted by molar-refractivity contribution is 5.61. The van der Waals surface area contributed by atoms with E-state index in [1.165, 1.54) is 0 Å². The molecule has 0 aliphatic carbocycles. The Bertz CT molecular complexity index is 81.0. The van der Waals surface area contributed by atoms with Crippen molar-refractivity contribution >= 4 is 6.09 Å². The summed E-state index contributed by atoms with van der Waals surface area (Å²) in [4.78, 5) is 10.7. The highest BCUT2D eigenvalue weighted by Gasteiger charge is 1.80. The number of carbonyl (C=O) groups is 1. The third-order valence-electron chi connectivity index (χ3n) is 0.547. The molecule has 0 atom stereocenters. The standard InChI is InChI=1S/C4H11NO.CH3NO2/c1-5(2)3-4-6;2-1(3)4/h6H,3-4H2,1-2H3;2H2,(H,3,4). The average Bonchev–Trinajstić information content (AvgIpc) is 1.62. The van der Waals surface area contributed by atoms with E-state index in [-0.39, 0.29) is 6.61 Å². The Morgan fingerprint density at radius 3 is 1.90 bits per heavy atom. The van der Waals surface area contributed by atoms with E-state index in [4.69, 9.17) is 15.0 Å². The van der Waals surface area contributed by atoms with Gasteiger partial charge in [-0.3, -0.25) is 0 Å². The Morgan fingerprint density at radius 2 is 1.90 bits per heavy atom. The lowest BCUT2D eigenvalue weighted by molar-refractivity contribution is 0.205. The second-order valence-electron chi connectivity index (χ2n) is 1.87. The van der Waals surface area contributed by atoms with E-state index in [0.29, 0.717) is 0 Å². The normalized spacial score (nSPS) is 8.40. The fourth-order valence-electron chi connectivity index (χ4n) is 0.200.